The number of sulfone groups is 1. The van der Waals surface area contributed by atoms with Crippen molar-refractivity contribution in [1.82, 2.24) is 5.32 Å². The van der Waals surface area contributed by atoms with Crippen LogP contribution in [-0.2, 0) is 14.6 Å². The molecule has 0 radical (unpaired) electrons. The number of hydrogen-bond acceptors (Lipinski definition) is 3. The molecule has 0 aromatic rings. The van der Waals surface area contributed by atoms with E-state index in [1.54, 1.807) is 6.92 Å². The Morgan fingerprint density at radius 1 is 1.36 bits per heavy atom. The van der Waals surface area contributed by atoms with Crippen molar-refractivity contribution in [2.45, 2.75) is 27.2 Å². The number of hydrogen-bond donors (Lipinski definition) is 1. The standard InChI is InChI=1S/C9H19NO3S/c1-5-8(11)10-6-9(2,3)7-14(4,12)13/h5-7H2,1-4H3,(H,10,11). The third-order valence-electron chi connectivity index (χ3n) is 1.74. The molecule has 1 N–H and O–H groups in total. The highest BCUT2D eigenvalue weighted by molar-refractivity contribution is 7.90. The van der Waals surface area contributed by atoms with Gasteiger partial charge in [-0.1, -0.05) is 20.8 Å². The van der Waals surface area contributed by atoms with Gasteiger partial charge in [0.05, 0.1) is 5.75 Å². The van der Waals surface area contributed by atoms with Crippen molar-refractivity contribution in [1.29, 1.82) is 0 Å². The minimum absolute atomic E-state index is 0.0495. The summed E-state index contributed by atoms with van der Waals surface area (Å²) in [6.07, 6.45) is 1.63. The van der Waals surface area contributed by atoms with Gasteiger partial charge in [0.2, 0.25) is 5.91 Å². The zero-order valence-corrected chi connectivity index (χ0v) is 10.1. The van der Waals surface area contributed by atoms with Crippen LogP contribution in [0.3, 0.4) is 0 Å². The van der Waals surface area contributed by atoms with Gasteiger partial charge in [-0.2, -0.15) is 0 Å². The van der Waals surface area contributed by atoms with E-state index in [2.05, 4.69) is 5.32 Å². The van der Waals surface area contributed by atoms with Gasteiger partial charge >= 0.3 is 0 Å². The van der Waals surface area contributed by atoms with E-state index >= 15 is 0 Å². The molecule has 0 aliphatic rings. The predicted octanol–water partition coefficient (Wildman–Crippen LogP) is 0.583. The second-order valence-corrected chi connectivity index (χ2v) is 6.50. The maximum atomic E-state index is 11.0. The van der Waals surface area contributed by atoms with Crippen molar-refractivity contribution in [2.24, 2.45) is 5.41 Å². The first-order valence-corrected chi connectivity index (χ1v) is 6.67. The van der Waals surface area contributed by atoms with Crippen LogP contribution in [-0.4, -0.2) is 32.9 Å². The number of rotatable bonds is 5. The van der Waals surface area contributed by atoms with E-state index in [0.29, 0.717) is 13.0 Å². The lowest BCUT2D eigenvalue weighted by Gasteiger charge is -2.23. The first-order valence-electron chi connectivity index (χ1n) is 4.61. The van der Waals surface area contributed by atoms with Crippen LogP contribution in [0.2, 0.25) is 0 Å². The fraction of sp³-hybridized carbons (Fsp3) is 0.889. The van der Waals surface area contributed by atoms with E-state index in [0.717, 1.165) is 0 Å². The van der Waals surface area contributed by atoms with Crippen molar-refractivity contribution in [3.63, 3.8) is 0 Å². The predicted molar refractivity (Wildman–Crippen MR) is 56.8 cm³/mol. The maximum absolute atomic E-state index is 11.0. The molecule has 0 heterocycles. The monoisotopic (exact) mass is 221 g/mol. The van der Waals surface area contributed by atoms with Gasteiger partial charge in [0.15, 0.2) is 0 Å². The lowest BCUT2D eigenvalue weighted by molar-refractivity contribution is -0.121. The minimum atomic E-state index is -2.99. The van der Waals surface area contributed by atoms with Crippen LogP contribution in [0.15, 0.2) is 0 Å². The summed E-state index contributed by atoms with van der Waals surface area (Å²) in [5.74, 6) is 0.0378. The molecule has 0 aromatic heterocycles. The first-order chi connectivity index (χ1) is 6.16. The lowest BCUT2D eigenvalue weighted by Crippen LogP contribution is -2.37. The summed E-state index contributed by atoms with van der Waals surface area (Å²) in [5.41, 5.74) is -0.404. The molecular weight excluding hydrogens is 202 g/mol. The van der Waals surface area contributed by atoms with Gasteiger partial charge < -0.3 is 5.32 Å². The molecule has 0 rings (SSSR count). The van der Waals surface area contributed by atoms with Gasteiger partial charge in [0.1, 0.15) is 9.84 Å². The Bertz CT molecular complexity index is 293. The summed E-state index contributed by atoms with van der Waals surface area (Å²) in [5, 5.41) is 2.69. The Morgan fingerprint density at radius 2 is 1.86 bits per heavy atom. The summed E-state index contributed by atoms with van der Waals surface area (Å²) in [6, 6.07) is 0. The maximum Gasteiger partial charge on any atom is 0.219 e. The number of carbonyl (C=O) groups excluding carboxylic acids is 1. The highest BCUT2D eigenvalue weighted by Crippen LogP contribution is 2.15. The third-order valence-corrected chi connectivity index (χ3v) is 3.04. The summed E-state index contributed by atoms with van der Waals surface area (Å²) < 4.78 is 22.1. The molecule has 0 bridgehead atoms. The van der Waals surface area contributed by atoms with Crippen LogP contribution >= 0.6 is 0 Å². The van der Waals surface area contributed by atoms with Crippen molar-refractivity contribution < 1.29 is 13.2 Å². The highest BCUT2D eigenvalue weighted by Gasteiger charge is 2.23. The van der Waals surface area contributed by atoms with Gasteiger partial charge in [0.25, 0.3) is 0 Å². The van der Waals surface area contributed by atoms with Gasteiger partial charge in [-0.3, -0.25) is 4.79 Å². The molecule has 0 spiro atoms. The average Bonchev–Trinajstić information content (AvgIpc) is 1.96. The van der Waals surface area contributed by atoms with Crippen molar-refractivity contribution in [3.05, 3.63) is 0 Å². The van der Waals surface area contributed by atoms with E-state index in [4.69, 9.17) is 0 Å². The highest BCUT2D eigenvalue weighted by atomic mass is 32.2. The quantitative estimate of drug-likeness (QED) is 0.738. The minimum Gasteiger partial charge on any atom is -0.356 e. The molecular formula is C9H19NO3S. The Hall–Kier alpha value is -0.580. The van der Waals surface area contributed by atoms with Crippen molar-refractivity contribution in [3.8, 4) is 0 Å². The second kappa shape index (κ2) is 4.77. The molecule has 0 fully saturated rings. The summed E-state index contributed by atoms with van der Waals surface area (Å²) in [6.45, 7) is 5.81. The fourth-order valence-electron chi connectivity index (χ4n) is 1.22. The zero-order valence-electron chi connectivity index (χ0n) is 9.25. The second-order valence-electron chi connectivity index (χ2n) is 4.36. The molecule has 0 saturated heterocycles. The molecule has 0 aliphatic carbocycles. The molecule has 14 heavy (non-hydrogen) atoms. The summed E-state index contributed by atoms with van der Waals surface area (Å²) in [4.78, 5) is 11.0. The van der Waals surface area contributed by atoms with Gasteiger partial charge in [-0.15, -0.1) is 0 Å². The molecule has 0 unspecified atom stereocenters. The van der Waals surface area contributed by atoms with E-state index in [-0.39, 0.29) is 11.7 Å². The smallest absolute Gasteiger partial charge is 0.219 e. The van der Waals surface area contributed by atoms with E-state index in [1.165, 1.54) is 6.26 Å². The summed E-state index contributed by atoms with van der Waals surface area (Å²) in [7, 11) is -2.99. The SMILES string of the molecule is CCC(=O)NCC(C)(C)CS(C)(=O)=O. The van der Waals surface area contributed by atoms with E-state index in [9.17, 15) is 13.2 Å². The van der Waals surface area contributed by atoms with Crippen LogP contribution in [0, 0.1) is 5.41 Å². The molecule has 0 saturated carbocycles. The molecule has 84 valence electrons. The van der Waals surface area contributed by atoms with Crippen molar-refractivity contribution in [2.75, 3.05) is 18.6 Å². The Balaban J connectivity index is 4.15. The average molecular weight is 221 g/mol. The molecule has 0 aromatic carbocycles. The van der Waals surface area contributed by atoms with Crippen LogP contribution in [0.5, 0.6) is 0 Å². The molecule has 0 atom stereocenters. The van der Waals surface area contributed by atoms with Crippen molar-refractivity contribution >= 4 is 15.7 Å². The lowest BCUT2D eigenvalue weighted by atomic mass is 9.96. The number of nitrogens with one attached hydrogen (secondary N) is 1. The first kappa shape index (κ1) is 13.4. The third kappa shape index (κ3) is 6.88. The van der Waals surface area contributed by atoms with Crippen LogP contribution < -0.4 is 5.32 Å². The Labute approximate surface area is 86.0 Å². The largest absolute Gasteiger partial charge is 0.356 e. The topological polar surface area (TPSA) is 63.2 Å². The van der Waals surface area contributed by atoms with Gasteiger partial charge in [0, 0.05) is 19.2 Å². The summed E-state index contributed by atoms with van der Waals surface area (Å²) >= 11 is 0. The molecule has 0 aliphatic heterocycles. The molecule has 5 heteroatoms. The van der Waals surface area contributed by atoms with Gasteiger partial charge in [-0.05, 0) is 5.41 Å². The number of carbonyl (C=O) groups is 1. The molecule has 4 nitrogen and oxygen atoms in total. The van der Waals surface area contributed by atoms with Crippen LogP contribution in [0.4, 0.5) is 0 Å². The number of amides is 1. The Kier molecular flexibility index (Phi) is 4.58. The fourth-order valence-corrected chi connectivity index (χ4v) is 2.75. The normalized spacial score (nSPS) is 12.6. The van der Waals surface area contributed by atoms with E-state index in [1.807, 2.05) is 13.8 Å². The Morgan fingerprint density at radius 3 is 2.21 bits per heavy atom. The van der Waals surface area contributed by atoms with E-state index < -0.39 is 15.3 Å². The van der Waals surface area contributed by atoms with Gasteiger partial charge in [-0.25, -0.2) is 8.42 Å². The van der Waals surface area contributed by atoms with Crippen LogP contribution in [0.25, 0.3) is 0 Å². The molecule has 1 amide bonds. The van der Waals surface area contributed by atoms with Crippen LogP contribution in [0.1, 0.15) is 27.2 Å². The zero-order chi connectivity index (χ0) is 11.4.